The molecule has 0 unspecified atom stereocenters. The summed E-state index contributed by atoms with van der Waals surface area (Å²) in [6.45, 7) is 8.11. The molecular weight excluding hydrogens is 408 g/mol. The maximum atomic E-state index is 12.7. The van der Waals surface area contributed by atoms with Gasteiger partial charge >= 0.3 is 6.09 Å². The Morgan fingerprint density at radius 2 is 1.72 bits per heavy atom. The fourth-order valence-electron chi connectivity index (χ4n) is 3.60. The molecule has 2 amide bonds. The Balaban J connectivity index is 1.80. The first-order valence-corrected chi connectivity index (χ1v) is 10.7. The molecule has 3 N–H and O–H groups in total. The second kappa shape index (κ2) is 9.91. The zero-order valence-electron chi connectivity index (χ0n) is 19.2. The van der Waals surface area contributed by atoms with E-state index >= 15 is 0 Å². The zero-order valence-corrected chi connectivity index (χ0v) is 19.2. The number of hydrogen-bond acceptors (Lipinski definition) is 6. The molecule has 8 heteroatoms. The number of amides is 2. The normalized spacial score (nSPS) is 14.2. The summed E-state index contributed by atoms with van der Waals surface area (Å²) in [5, 5.41) is 2.97. The van der Waals surface area contributed by atoms with E-state index in [1.807, 2.05) is 45.0 Å². The van der Waals surface area contributed by atoms with Gasteiger partial charge in [0.2, 0.25) is 0 Å². The number of rotatable bonds is 5. The van der Waals surface area contributed by atoms with Crippen molar-refractivity contribution in [1.82, 2.24) is 4.90 Å². The Morgan fingerprint density at radius 3 is 2.28 bits per heavy atom. The van der Waals surface area contributed by atoms with Gasteiger partial charge in [-0.15, -0.1) is 0 Å². The SMILES string of the molecule is COc1cc(NC(=O)c2ccccc2)c(CN)c(N2CCN(C(=O)OC(C)(C)C)CC2)c1. The topological polar surface area (TPSA) is 97.1 Å². The van der Waals surface area contributed by atoms with Crippen LogP contribution in [0.3, 0.4) is 0 Å². The first-order chi connectivity index (χ1) is 15.2. The summed E-state index contributed by atoms with van der Waals surface area (Å²) >= 11 is 0. The number of nitrogens with two attached hydrogens (primary N) is 1. The van der Waals surface area contributed by atoms with E-state index in [2.05, 4.69) is 10.2 Å². The van der Waals surface area contributed by atoms with E-state index in [9.17, 15) is 9.59 Å². The molecule has 0 atom stereocenters. The molecule has 1 heterocycles. The molecule has 1 aliphatic rings. The first kappa shape index (κ1) is 23.4. The van der Waals surface area contributed by atoms with E-state index in [0.717, 1.165) is 11.3 Å². The van der Waals surface area contributed by atoms with Crippen molar-refractivity contribution in [3.05, 3.63) is 53.6 Å². The Bertz CT molecular complexity index is 948. The van der Waals surface area contributed by atoms with Crippen molar-refractivity contribution in [2.75, 3.05) is 43.5 Å². The van der Waals surface area contributed by atoms with Crippen LogP contribution in [0.1, 0.15) is 36.7 Å². The van der Waals surface area contributed by atoms with Crippen molar-refractivity contribution in [2.45, 2.75) is 32.9 Å². The van der Waals surface area contributed by atoms with Gasteiger partial charge in [-0.1, -0.05) is 18.2 Å². The van der Waals surface area contributed by atoms with Gasteiger partial charge in [-0.05, 0) is 32.9 Å². The van der Waals surface area contributed by atoms with Crippen LogP contribution in [0.2, 0.25) is 0 Å². The van der Waals surface area contributed by atoms with E-state index < -0.39 is 5.60 Å². The second-order valence-electron chi connectivity index (χ2n) is 8.65. The lowest BCUT2D eigenvalue weighted by molar-refractivity contribution is 0.0240. The van der Waals surface area contributed by atoms with Crippen LogP contribution >= 0.6 is 0 Å². The van der Waals surface area contributed by atoms with Crippen molar-refractivity contribution in [3.8, 4) is 5.75 Å². The van der Waals surface area contributed by atoms with Crippen molar-refractivity contribution in [1.29, 1.82) is 0 Å². The van der Waals surface area contributed by atoms with E-state index in [4.69, 9.17) is 15.2 Å². The van der Waals surface area contributed by atoms with Crippen LogP contribution in [-0.2, 0) is 11.3 Å². The third kappa shape index (κ3) is 5.70. The lowest BCUT2D eigenvalue weighted by Gasteiger charge is -2.38. The lowest BCUT2D eigenvalue weighted by atomic mass is 10.1. The Morgan fingerprint density at radius 1 is 1.06 bits per heavy atom. The molecule has 1 fully saturated rings. The highest BCUT2D eigenvalue weighted by Gasteiger charge is 2.27. The number of carbonyl (C=O) groups is 2. The first-order valence-electron chi connectivity index (χ1n) is 10.7. The number of nitrogens with one attached hydrogen (secondary N) is 1. The van der Waals surface area contributed by atoms with Gasteiger partial charge in [0.1, 0.15) is 11.4 Å². The number of carbonyl (C=O) groups excluding carboxylic acids is 2. The van der Waals surface area contributed by atoms with Gasteiger partial charge in [0.25, 0.3) is 5.91 Å². The molecule has 0 aromatic heterocycles. The highest BCUT2D eigenvalue weighted by Crippen LogP contribution is 2.34. The van der Waals surface area contributed by atoms with Crippen LogP contribution in [0.25, 0.3) is 0 Å². The maximum Gasteiger partial charge on any atom is 0.410 e. The molecule has 3 rings (SSSR count). The summed E-state index contributed by atoms with van der Waals surface area (Å²) in [5.41, 5.74) is 8.46. The molecule has 1 saturated heterocycles. The fourth-order valence-corrected chi connectivity index (χ4v) is 3.60. The largest absolute Gasteiger partial charge is 0.497 e. The Hall–Kier alpha value is -3.26. The maximum absolute atomic E-state index is 12.7. The summed E-state index contributed by atoms with van der Waals surface area (Å²) in [4.78, 5) is 29.0. The minimum absolute atomic E-state index is 0.214. The number of hydrogen-bond donors (Lipinski definition) is 2. The highest BCUT2D eigenvalue weighted by molar-refractivity contribution is 6.05. The fraction of sp³-hybridized carbons (Fsp3) is 0.417. The van der Waals surface area contributed by atoms with Gasteiger partial charge in [-0.2, -0.15) is 0 Å². The monoisotopic (exact) mass is 440 g/mol. The van der Waals surface area contributed by atoms with Crippen molar-refractivity contribution >= 4 is 23.4 Å². The van der Waals surface area contributed by atoms with Gasteiger partial charge in [-0.25, -0.2) is 4.79 Å². The van der Waals surface area contributed by atoms with Crippen LogP contribution in [0, 0.1) is 0 Å². The average Bonchev–Trinajstić information content (AvgIpc) is 2.78. The van der Waals surface area contributed by atoms with Gasteiger partial charge in [0, 0.05) is 61.7 Å². The number of methoxy groups -OCH3 is 1. The molecular formula is C24H32N4O4. The average molecular weight is 441 g/mol. The van der Waals surface area contributed by atoms with Crippen LogP contribution in [-0.4, -0.2) is 55.8 Å². The Kier molecular flexibility index (Phi) is 7.25. The standard InChI is InChI=1S/C24H32N4O4/c1-24(2,3)32-23(30)28-12-10-27(11-13-28)21-15-18(31-4)14-20(19(21)16-25)26-22(29)17-8-6-5-7-9-17/h5-9,14-15H,10-13,16,25H2,1-4H3,(H,26,29). The molecule has 172 valence electrons. The van der Waals surface area contributed by atoms with Crippen molar-refractivity contribution in [3.63, 3.8) is 0 Å². The van der Waals surface area contributed by atoms with Crippen molar-refractivity contribution < 1.29 is 19.1 Å². The molecule has 0 aliphatic carbocycles. The molecule has 0 bridgehead atoms. The lowest BCUT2D eigenvalue weighted by Crippen LogP contribution is -2.50. The van der Waals surface area contributed by atoms with Gasteiger partial charge in [0.15, 0.2) is 0 Å². The minimum Gasteiger partial charge on any atom is -0.497 e. The molecule has 1 aliphatic heterocycles. The zero-order chi connectivity index (χ0) is 23.3. The molecule has 8 nitrogen and oxygen atoms in total. The van der Waals surface area contributed by atoms with Crippen molar-refractivity contribution in [2.24, 2.45) is 5.73 Å². The van der Waals surface area contributed by atoms with E-state index in [1.54, 1.807) is 30.2 Å². The van der Waals surface area contributed by atoms with Crippen LogP contribution in [0.5, 0.6) is 5.75 Å². The molecule has 0 spiro atoms. The smallest absolute Gasteiger partial charge is 0.410 e. The number of ether oxygens (including phenoxy) is 2. The van der Waals surface area contributed by atoms with E-state index in [0.29, 0.717) is 43.2 Å². The Labute approximate surface area is 189 Å². The number of nitrogens with zero attached hydrogens (tertiary/aromatic N) is 2. The summed E-state index contributed by atoms with van der Waals surface area (Å²) in [5.74, 6) is 0.407. The number of anilines is 2. The molecule has 0 saturated carbocycles. The number of piperazine rings is 1. The molecule has 2 aromatic carbocycles. The van der Waals surface area contributed by atoms with E-state index in [-0.39, 0.29) is 18.5 Å². The van der Waals surface area contributed by atoms with Crippen LogP contribution in [0.4, 0.5) is 16.2 Å². The summed E-state index contributed by atoms with van der Waals surface area (Å²) < 4.78 is 11.0. The summed E-state index contributed by atoms with van der Waals surface area (Å²) in [6, 6.07) is 12.7. The number of benzene rings is 2. The summed E-state index contributed by atoms with van der Waals surface area (Å²) in [6.07, 6.45) is -0.308. The highest BCUT2D eigenvalue weighted by atomic mass is 16.6. The van der Waals surface area contributed by atoms with Gasteiger partial charge < -0.3 is 30.3 Å². The van der Waals surface area contributed by atoms with Gasteiger partial charge in [0.05, 0.1) is 12.8 Å². The van der Waals surface area contributed by atoms with Gasteiger partial charge in [-0.3, -0.25) is 4.79 Å². The predicted octanol–water partition coefficient (Wildman–Crippen LogP) is 3.46. The molecule has 2 aromatic rings. The quantitative estimate of drug-likeness (QED) is 0.739. The molecule has 0 radical (unpaired) electrons. The van der Waals surface area contributed by atoms with Crippen LogP contribution in [0.15, 0.2) is 42.5 Å². The minimum atomic E-state index is -0.528. The third-order valence-corrected chi connectivity index (χ3v) is 5.20. The summed E-state index contributed by atoms with van der Waals surface area (Å²) in [7, 11) is 1.59. The predicted molar refractivity (Wildman–Crippen MR) is 125 cm³/mol. The molecule has 32 heavy (non-hydrogen) atoms. The second-order valence-corrected chi connectivity index (χ2v) is 8.65. The van der Waals surface area contributed by atoms with E-state index in [1.165, 1.54) is 0 Å². The van der Waals surface area contributed by atoms with Crippen LogP contribution < -0.4 is 20.7 Å². The third-order valence-electron chi connectivity index (χ3n) is 5.20.